The lowest BCUT2D eigenvalue weighted by atomic mass is 9.81. The van der Waals surface area contributed by atoms with E-state index in [4.69, 9.17) is 29.6 Å². The molecule has 0 spiro atoms. The Bertz CT molecular complexity index is 697. The molecule has 0 radical (unpaired) electrons. The van der Waals surface area contributed by atoms with Crippen molar-refractivity contribution in [2.45, 2.75) is 26.7 Å². The van der Waals surface area contributed by atoms with E-state index in [1.165, 1.54) is 0 Å². The summed E-state index contributed by atoms with van der Waals surface area (Å²) in [5.41, 5.74) is 6.62. The second-order valence-corrected chi connectivity index (χ2v) is 6.04. The van der Waals surface area contributed by atoms with Gasteiger partial charge < -0.3 is 11.1 Å². The van der Waals surface area contributed by atoms with Gasteiger partial charge in [0.15, 0.2) is 0 Å². The third-order valence-electron chi connectivity index (χ3n) is 3.73. The Morgan fingerprint density at radius 3 is 2.67 bits per heavy atom. The van der Waals surface area contributed by atoms with Crippen molar-refractivity contribution < 1.29 is 4.79 Å². The molecule has 0 aliphatic heterocycles. The quantitative estimate of drug-likeness (QED) is 0.814. The van der Waals surface area contributed by atoms with Crippen molar-refractivity contribution >= 4 is 63.2 Å². The molecule has 1 amide bonds. The molecule has 112 valence electrons. The van der Waals surface area contributed by atoms with Crippen molar-refractivity contribution in [2.24, 2.45) is 11.1 Å². The highest BCUT2D eigenvalue weighted by Gasteiger charge is 2.38. The maximum absolute atomic E-state index is 12.7. The average molecular weight is 343 g/mol. The first-order valence-corrected chi connectivity index (χ1v) is 8.00. The molecule has 8 heteroatoms. The molecule has 0 aliphatic carbocycles. The van der Waals surface area contributed by atoms with Gasteiger partial charge in [0.2, 0.25) is 5.91 Å². The second kappa shape index (κ2) is 6.21. The van der Waals surface area contributed by atoms with E-state index in [0.29, 0.717) is 34.6 Å². The molecule has 0 aliphatic rings. The third kappa shape index (κ3) is 2.73. The normalized spacial score (nSPS) is 11.6. The Kier molecular flexibility index (Phi) is 4.75. The summed E-state index contributed by atoms with van der Waals surface area (Å²) in [6.07, 6.45) is 1.04. The lowest BCUT2D eigenvalue weighted by Crippen LogP contribution is -2.45. The minimum absolute atomic E-state index is 0.185. The highest BCUT2D eigenvalue weighted by Crippen LogP contribution is 2.34. The van der Waals surface area contributed by atoms with Crippen LogP contribution in [0.4, 0.5) is 5.69 Å². The number of halogens is 1. The van der Waals surface area contributed by atoms with Crippen LogP contribution in [0, 0.1) is 5.41 Å². The Labute approximate surface area is 137 Å². The lowest BCUT2D eigenvalue weighted by Gasteiger charge is -2.29. The Balaban J connectivity index is 2.44. The van der Waals surface area contributed by atoms with Gasteiger partial charge in [0, 0.05) is 0 Å². The van der Waals surface area contributed by atoms with E-state index in [9.17, 15) is 4.79 Å². The summed E-state index contributed by atoms with van der Waals surface area (Å²) in [6, 6.07) is 3.44. The first kappa shape index (κ1) is 16.1. The van der Waals surface area contributed by atoms with E-state index in [1.807, 2.05) is 13.8 Å². The predicted octanol–water partition coefficient (Wildman–Crippen LogP) is 3.38. The SMILES string of the molecule is CCC(CC)(C(=O)Nc1c(Cl)ccc2nsnc12)C(N)=S. The van der Waals surface area contributed by atoms with Crippen LogP contribution in [0.25, 0.3) is 11.0 Å². The summed E-state index contributed by atoms with van der Waals surface area (Å²) in [4.78, 5) is 12.9. The number of carbonyl (C=O) groups excluding carboxylic acids is 1. The molecule has 2 rings (SSSR count). The highest BCUT2D eigenvalue weighted by molar-refractivity contribution is 7.80. The third-order valence-corrected chi connectivity index (χ3v) is 4.98. The first-order valence-electron chi connectivity index (χ1n) is 6.48. The summed E-state index contributed by atoms with van der Waals surface area (Å²) < 4.78 is 8.31. The number of nitrogens with two attached hydrogens (primary N) is 1. The molecule has 0 atom stereocenters. The number of aromatic nitrogens is 2. The summed E-state index contributed by atoms with van der Waals surface area (Å²) in [7, 11) is 0. The van der Waals surface area contributed by atoms with Crippen LogP contribution in [-0.4, -0.2) is 19.6 Å². The van der Waals surface area contributed by atoms with Crippen LogP contribution in [0.15, 0.2) is 12.1 Å². The summed E-state index contributed by atoms with van der Waals surface area (Å²) in [6.45, 7) is 3.77. The number of nitrogens with one attached hydrogen (secondary N) is 1. The zero-order valence-corrected chi connectivity index (χ0v) is 14.0. The summed E-state index contributed by atoms with van der Waals surface area (Å²) in [5.74, 6) is -0.262. The van der Waals surface area contributed by atoms with Crippen LogP contribution in [0.1, 0.15) is 26.7 Å². The molecular formula is C13H15ClN4OS2. The molecule has 3 N–H and O–H groups in total. The van der Waals surface area contributed by atoms with Gasteiger partial charge >= 0.3 is 0 Å². The molecule has 1 aromatic carbocycles. The molecule has 2 aromatic rings. The fourth-order valence-corrected chi connectivity index (χ4v) is 3.33. The molecule has 0 saturated heterocycles. The van der Waals surface area contributed by atoms with Crippen molar-refractivity contribution in [3.05, 3.63) is 17.2 Å². The van der Waals surface area contributed by atoms with Crippen LogP contribution in [0.3, 0.4) is 0 Å². The van der Waals surface area contributed by atoms with E-state index in [-0.39, 0.29) is 10.9 Å². The highest BCUT2D eigenvalue weighted by atomic mass is 35.5. The van der Waals surface area contributed by atoms with Gasteiger partial charge in [0.1, 0.15) is 11.0 Å². The van der Waals surface area contributed by atoms with Crippen molar-refractivity contribution in [3.8, 4) is 0 Å². The maximum atomic E-state index is 12.7. The smallest absolute Gasteiger partial charge is 0.237 e. The number of fused-ring (bicyclic) bond motifs is 1. The molecule has 0 bridgehead atoms. The van der Waals surface area contributed by atoms with E-state index in [0.717, 1.165) is 11.7 Å². The largest absolute Gasteiger partial charge is 0.392 e. The molecule has 0 fully saturated rings. The van der Waals surface area contributed by atoms with Crippen molar-refractivity contribution in [3.63, 3.8) is 0 Å². The first-order chi connectivity index (χ1) is 9.96. The number of hydrogen-bond donors (Lipinski definition) is 2. The number of nitrogens with zero attached hydrogens (tertiary/aromatic N) is 2. The number of amides is 1. The van der Waals surface area contributed by atoms with Crippen LogP contribution < -0.4 is 11.1 Å². The molecular weight excluding hydrogens is 328 g/mol. The van der Waals surface area contributed by atoms with E-state index in [2.05, 4.69) is 14.1 Å². The number of carbonyl (C=O) groups is 1. The minimum Gasteiger partial charge on any atom is -0.392 e. The van der Waals surface area contributed by atoms with E-state index >= 15 is 0 Å². The summed E-state index contributed by atoms with van der Waals surface area (Å²) in [5, 5.41) is 3.24. The summed E-state index contributed by atoms with van der Waals surface area (Å²) >= 11 is 12.3. The van der Waals surface area contributed by atoms with Crippen LogP contribution >= 0.6 is 35.5 Å². The number of rotatable bonds is 5. The molecule has 1 heterocycles. The van der Waals surface area contributed by atoms with Gasteiger partial charge in [-0.1, -0.05) is 37.7 Å². The zero-order valence-electron chi connectivity index (χ0n) is 11.6. The van der Waals surface area contributed by atoms with Gasteiger partial charge in [-0.05, 0) is 25.0 Å². The maximum Gasteiger partial charge on any atom is 0.237 e. The fourth-order valence-electron chi connectivity index (χ4n) is 2.21. The van der Waals surface area contributed by atoms with Crippen molar-refractivity contribution in [2.75, 3.05) is 5.32 Å². The Morgan fingerprint density at radius 2 is 2.10 bits per heavy atom. The van der Waals surface area contributed by atoms with Gasteiger partial charge in [-0.3, -0.25) is 4.79 Å². The fraction of sp³-hybridized carbons (Fsp3) is 0.385. The van der Waals surface area contributed by atoms with Gasteiger partial charge in [-0.25, -0.2) is 0 Å². The lowest BCUT2D eigenvalue weighted by molar-refractivity contribution is -0.122. The number of benzene rings is 1. The molecule has 1 aromatic heterocycles. The van der Waals surface area contributed by atoms with Crippen LogP contribution in [0.2, 0.25) is 5.02 Å². The molecule has 0 saturated carbocycles. The van der Waals surface area contributed by atoms with E-state index in [1.54, 1.807) is 12.1 Å². The average Bonchev–Trinajstić information content (AvgIpc) is 2.92. The number of thiocarbonyl (C=S) groups is 1. The van der Waals surface area contributed by atoms with Crippen LogP contribution in [-0.2, 0) is 4.79 Å². The monoisotopic (exact) mass is 342 g/mol. The second-order valence-electron chi connectivity index (χ2n) is 4.66. The number of hydrogen-bond acceptors (Lipinski definition) is 5. The van der Waals surface area contributed by atoms with Gasteiger partial charge in [-0.15, -0.1) is 0 Å². The van der Waals surface area contributed by atoms with Crippen LogP contribution in [0.5, 0.6) is 0 Å². The molecule has 0 unspecified atom stereocenters. The molecule has 5 nitrogen and oxygen atoms in total. The Morgan fingerprint density at radius 1 is 1.43 bits per heavy atom. The standard InChI is InChI=1S/C13H15ClN4OS2/c1-3-13(4-2,11(15)20)12(19)16-9-7(14)5-6-8-10(9)18-21-17-8/h5-6H,3-4H2,1-2H3,(H2,15,20)(H,16,19). The van der Waals surface area contributed by atoms with E-state index < -0.39 is 5.41 Å². The van der Waals surface area contributed by atoms with Gasteiger partial charge in [0.05, 0.1) is 32.8 Å². The van der Waals surface area contributed by atoms with Gasteiger partial charge in [-0.2, -0.15) is 8.75 Å². The Hall–Kier alpha value is -1.31. The minimum atomic E-state index is -0.885. The van der Waals surface area contributed by atoms with Crippen molar-refractivity contribution in [1.29, 1.82) is 0 Å². The molecule has 21 heavy (non-hydrogen) atoms. The predicted molar refractivity (Wildman–Crippen MR) is 90.9 cm³/mol. The number of anilines is 1. The van der Waals surface area contributed by atoms with Gasteiger partial charge in [0.25, 0.3) is 0 Å². The zero-order chi connectivity index (χ0) is 15.6. The van der Waals surface area contributed by atoms with Crippen molar-refractivity contribution in [1.82, 2.24) is 8.75 Å². The topological polar surface area (TPSA) is 80.9 Å².